The van der Waals surface area contributed by atoms with Crippen molar-refractivity contribution >= 4 is 11.8 Å². The van der Waals surface area contributed by atoms with Crippen LogP contribution in [0.5, 0.6) is 0 Å². The van der Waals surface area contributed by atoms with E-state index < -0.39 is 0 Å². The summed E-state index contributed by atoms with van der Waals surface area (Å²) in [5.41, 5.74) is 0. The van der Waals surface area contributed by atoms with Gasteiger partial charge in [0.25, 0.3) is 0 Å². The van der Waals surface area contributed by atoms with Crippen molar-refractivity contribution in [2.75, 3.05) is 6.54 Å². The second-order valence-electron chi connectivity index (χ2n) is 5.88. The van der Waals surface area contributed by atoms with Gasteiger partial charge in [-0.15, -0.1) is 0 Å². The maximum Gasteiger partial charge on any atom is 0.225 e. The number of likely N-dealkylation sites (tertiary alicyclic amines) is 1. The van der Waals surface area contributed by atoms with Gasteiger partial charge in [0.15, 0.2) is 0 Å². The van der Waals surface area contributed by atoms with E-state index in [1.54, 1.807) is 0 Å². The van der Waals surface area contributed by atoms with Gasteiger partial charge < -0.3 is 10.2 Å². The Morgan fingerprint density at radius 1 is 1.28 bits per heavy atom. The molecule has 1 unspecified atom stereocenters. The Balaban J connectivity index is 1.83. The molecule has 4 nitrogen and oxygen atoms in total. The fourth-order valence-electron chi connectivity index (χ4n) is 3.01. The Morgan fingerprint density at radius 2 is 1.94 bits per heavy atom. The maximum atomic E-state index is 12.1. The average Bonchev–Trinajstić information content (AvgIpc) is 2.71. The first-order chi connectivity index (χ1) is 8.58. The standard InChI is InChI=1S/C14H24N2O2/c1-10(2)16-9-12(8-13(16)17)15-14(18)11-6-4-3-5-7-11/h10-12H,3-9H2,1-2H3,(H,15,18). The number of carbonyl (C=O) groups excluding carboxylic acids is 2. The van der Waals surface area contributed by atoms with Crippen LogP contribution in [-0.4, -0.2) is 35.3 Å². The van der Waals surface area contributed by atoms with Gasteiger partial charge in [0.1, 0.15) is 0 Å². The Labute approximate surface area is 109 Å². The van der Waals surface area contributed by atoms with Crippen molar-refractivity contribution in [3.05, 3.63) is 0 Å². The summed E-state index contributed by atoms with van der Waals surface area (Å²) in [5, 5.41) is 3.06. The lowest BCUT2D eigenvalue weighted by Gasteiger charge is -2.24. The summed E-state index contributed by atoms with van der Waals surface area (Å²) in [6, 6.07) is 0.253. The van der Waals surface area contributed by atoms with E-state index in [-0.39, 0.29) is 29.8 Å². The van der Waals surface area contributed by atoms with Crippen molar-refractivity contribution in [1.82, 2.24) is 10.2 Å². The molecule has 102 valence electrons. The number of nitrogens with zero attached hydrogens (tertiary/aromatic N) is 1. The predicted molar refractivity (Wildman–Crippen MR) is 70.0 cm³/mol. The first-order valence-corrected chi connectivity index (χ1v) is 7.17. The van der Waals surface area contributed by atoms with Gasteiger partial charge in [-0.1, -0.05) is 19.3 Å². The molecular formula is C14H24N2O2. The van der Waals surface area contributed by atoms with E-state index in [9.17, 15) is 9.59 Å². The molecule has 0 aromatic rings. The van der Waals surface area contributed by atoms with Gasteiger partial charge in [-0.3, -0.25) is 9.59 Å². The number of amides is 2. The van der Waals surface area contributed by atoms with Gasteiger partial charge in [-0.25, -0.2) is 0 Å². The molecule has 1 saturated carbocycles. The van der Waals surface area contributed by atoms with Crippen LogP contribution < -0.4 is 5.32 Å². The number of nitrogens with one attached hydrogen (secondary N) is 1. The molecule has 1 aliphatic carbocycles. The minimum absolute atomic E-state index is 0.0225. The van der Waals surface area contributed by atoms with Gasteiger partial charge in [-0.05, 0) is 26.7 Å². The lowest BCUT2D eigenvalue weighted by atomic mass is 9.88. The summed E-state index contributed by atoms with van der Waals surface area (Å²) in [7, 11) is 0. The van der Waals surface area contributed by atoms with Gasteiger partial charge in [0, 0.05) is 24.9 Å². The zero-order chi connectivity index (χ0) is 13.1. The summed E-state index contributed by atoms with van der Waals surface area (Å²) < 4.78 is 0. The first-order valence-electron chi connectivity index (χ1n) is 7.17. The Hall–Kier alpha value is -1.06. The Kier molecular flexibility index (Phi) is 4.25. The van der Waals surface area contributed by atoms with Crippen molar-refractivity contribution in [3.8, 4) is 0 Å². The minimum atomic E-state index is 0.0225. The fraction of sp³-hybridized carbons (Fsp3) is 0.857. The molecule has 0 bridgehead atoms. The molecule has 2 rings (SSSR count). The third kappa shape index (κ3) is 3.03. The molecule has 1 atom stereocenters. The van der Waals surface area contributed by atoms with Gasteiger partial charge in [0.05, 0.1) is 6.04 Å². The molecule has 4 heteroatoms. The predicted octanol–water partition coefficient (Wildman–Crippen LogP) is 1.69. The van der Waals surface area contributed by atoms with Crippen molar-refractivity contribution in [2.45, 2.75) is 64.5 Å². The molecule has 2 amide bonds. The van der Waals surface area contributed by atoms with Crippen LogP contribution in [0.4, 0.5) is 0 Å². The van der Waals surface area contributed by atoms with Crippen LogP contribution in [0.3, 0.4) is 0 Å². The highest BCUT2D eigenvalue weighted by atomic mass is 16.2. The maximum absolute atomic E-state index is 12.1. The molecule has 2 fully saturated rings. The summed E-state index contributed by atoms with van der Waals surface area (Å²) >= 11 is 0. The molecule has 1 N–H and O–H groups in total. The summed E-state index contributed by atoms with van der Waals surface area (Å²) in [5.74, 6) is 0.513. The van der Waals surface area contributed by atoms with Crippen LogP contribution in [0.15, 0.2) is 0 Å². The van der Waals surface area contributed by atoms with Crippen LogP contribution in [0, 0.1) is 5.92 Å². The van der Waals surface area contributed by atoms with E-state index in [2.05, 4.69) is 5.32 Å². The fourth-order valence-corrected chi connectivity index (χ4v) is 3.01. The summed E-state index contributed by atoms with van der Waals surface area (Å²) in [6.45, 7) is 4.71. The average molecular weight is 252 g/mol. The van der Waals surface area contributed by atoms with Crippen molar-refractivity contribution in [3.63, 3.8) is 0 Å². The topological polar surface area (TPSA) is 49.4 Å². The molecule has 1 aliphatic heterocycles. The highest BCUT2D eigenvalue weighted by molar-refractivity contribution is 5.83. The molecule has 1 saturated heterocycles. The number of rotatable bonds is 3. The van der Waals surface area contributed by atoms with Crippen LogP contribution >= 0.6 is 0 Å². The van der Waals surface area contributed by atoms with E-state index in [1.165, 1.54) is 19.3 Å². The lowest BCUT2D eigenvalue weighted by Crippen LogP contribution is -2.41. The first kappa shape index (κ1) is 13.4. The number of hydrogen-bond donors (Lipinski definition) is 1. The summed E-state index contributed by atoms with van der Waals surface area (Å²) in [6.07, 6.45) is 6.09. The quantitative estimate of drug-likeness (QED) is 0.831. The largest absolute Gasteiger partial charge is 0.351 e. The SMILES string of the molecule is CC(C)N1CC(NC(=O)C2CCCCC2)CC1=O. The van der Waals surface area contributed by atoms with E-state index in [1.807, 2.05) is 18.7 Å². The molecule has 0 radical (unpaired) electrons. The number of carbonyl (C=O) groups is 2. The van der Waals surface area contributed by atoms with Crippen molar-refractivity contribution in [2.24, 2.45) is 5.92 Å². The number of hydrogen-bond acceptors (Lipinski definition) is 2. The van der Waals surface area contributed by atoms with Crippen LogP contribution in [0.2, 0.25) is 0 Å². The third-order valence-electron chi connectivity index (χ3n) is 4.10. The Bertz CT molecular complexity index is 322. The normalized spacial score (nSPS) is 25.8. The summed E-state index contributed by atoms with van der Waals surface area (Å²) in [4.78, 5) is 25.7. The monoisotopic (exact) mass is 252 g/mol. The smallest absolute Gasteiger partial charge is 0.225 e. The van der Waals surface area contributed by atoms with Crippen molar-refractivity contribution < 1.29 is 9.59 Å². The zero-order valence-corrected chi connectivity index (χ0v) is 11.4. The molecule has 0 aromatic heterocycles. The van der Waals surface area contributed by atoms with E-state index >= 15 is 0 Å². The molecule has 1 heterocycles. The molecule has 0 aromatic carbocycles. The van der Waals surface area contributed by atoms with Crippen molar-refractivity contribution in [1.29, 1.82) is 0 Å². The zero-order valence-electron chi connectivity index (χ0n) is 11.4. The van der Waals surface area contributed by atoms with E-state index in [4.69, 9.17) is 0 Å². The Morgan fingerprint density at radius 3 is 2.50 bits per heavy atom. The molecule has 18 heavy (non-hydrogen) atoms. The molecule has 0 spiro atoms. The second kappa shape index (κ2) is 5.72. The van der Waals surface area contributed by atoms with Crippen LogP contribution in [0.25, 0.3) is 0 Å². The van der Waals surface area contributed by atoms with Gasteiger partial charge in [-0.2, -0.15) is 0 Å². The minimum Gasteiger partial charge on any atom is -0.351 e. The van der Waals surface area contributed by atoms with E-state index in [0.717, 1.165) is 12.8 Å². The van der Waals surface area contributed by atoms with Gasteiger partial charge in [0.2, 0.25) is 11.8 Å². The second-order valence-corrected chi connectivity index (χ2v) is 5.88. The van der Waals surface area contributed by atoms with Crippen LogP contribution in [0.1, 0.15) is 52.4 Å². The highest BCUT2D eigenvalue weighted by Gasteiger charge is 2.33. The third-order valence-corrected chi connectivity index (χ3v) is 4.10. The molecule has 2 aliphatic rings. The molecular weight excluding hydrogens is 228 g/mol. The lowest BCUT2D eigenvalue weighted by molar-refractivity contribution is -0.129. The van der Waals surface area contributed by atoms with Gasteiger partial charge >= 0.3 is 0 Å². The van der Waals surface area contributed by atoms with E-state index in [0.29, 0.717) is 13.0 Å². The van der Waals surface area contributed by atoms with Crippen LogP contribution in [-0.2, 0) is 9.59 Å². The highest BCUT2D eigenvalue weighted by Crippen LogP contribution is 2.24.